The van der Waals surface area contributed by atoms with Gasteiger partial charge in [-0.25, -0.2) is 0 Å². The first kappa shape index (κ1) is 8.24. The summed E-state index contributed by atoms with van der Waals surface area (Å²) in [5.41, 5.74) is 11.7. The van der Waals surface area contributed by atoms with Gasteiger partial charge in [0, 0.05) is 11.7 Å². The van der Waals surface area contributed by atoms with Crippen LogP contribution in [0.15, 0.2) is 24.4 Å². The largest absolute Gasteiger partial charge is 0.403 e. The zero-order valence-electron chi connectivity index (χ0n) is 5.80. The van der Waals surface area contributed by atoms with Crippen LogP contribution in [-0.4, -0.2) is 6.04 Å². The topological polar surface area (TPSA) is 52.0 Å². The van der Waals surface area contributed by atoms with Crippen molar-refractivity contribution in [2.75, 3.05) is 0 Å². The molecule has 4 N–H and O–H groups in total. The van der Waals surface area contributed by atoms with Crippen LogP contribution in [0.2, 0.25) is 0 Å². The number of nitrogens with two attached hydrogens (primary N) is 2. The molecule has 0 radical (unpaired) electrons. The number of hydrogen-bond donors (Lipinski definition) is 2. The van der Waals surface area contributed by atoms with Crippen molar-refractivity contribution in [3.63, 3.8) is 0 Å². The maximum absolute atomic E-state index is 5.50. The molecule has 0 heterocycles. The van der Waals surface area contributed by atoms with Crippen molar-refractivity contribution >= 4 is 0 Å². The van der Waals surface area contributed by atoms with E-state index in [1.54, 1.807) is 6.08 Å². The second-order valence-corrected chi connectivity index (χ2v) is 2.08. The van der Waals surface area contributed by atoms with Crippen LogP contribution in [0, 0.1) is 0 Å². The van der Waals surface area contributed by atoms with Crippen LogP contribution in [-0.2, 0) is 0 Å². The lowest BCUT2D eigenvalue weighted by molar-refractivity contribution is 0.830. The summed E-state index contributed by atoms with van der Waals surface area (Å²) in [6.45, 7) is 5.39. The number of allylic oxidation sites excluding steroid dienone is 1. The van der Waals surface area contributed by atoms with Crippen molar-refractivity contribution in [1.29, 1.82) is 0 Å². The third-order valence-corrected chi connectivity index (χ3v) is 1.01. The van der Waals surface area contributed by atoms with Gasteiger partial charge in [0.15, 0.2) is 0 Å². The molecular weight excluding hydrogens is 112 g/mol. The maximum Gasteiger partial charge on any atom is 0.0256 e. The molecule has 0 fully saturated rings. The first-order chi connectivity index (χ1) is 4.16. The van der Waals surface area contributed by atoms with E-state index in [4.69, 9.17) is 11.5 Å². The molecule has 0 amide bonds. The van der Waals surface area contributed by atoms with Crippen molar-refractivity contribution in [1.82, 2.24) is 0 Å². The first-order valence-corrected chi connectivity index (χ1v) is 2.97. The van der Waals surface area contributed by atoms with E-state index in [9.17, 15) is 0 Å². The second-order valence-electron chi connectivity index (χ2n) is 2.08. The standard InChI is InChI=1S/C7H14N2/c1-3-7(9)5-4-6(2)8/h3-4,7H,1,5,8-9H2,2H3. The molecule has 1 unspecified atom stereocenters. The normalized spacial score (nSPS) is 15.1. The molecule has 1 atom stereocenters. The van der Waals surface area contributed by atoms with Crippen LogP contribution in [0.1, 0.15) is 13.3 Å². The van der Waals surface area contributed by atoms with Gasteiger partial charge >= 0.3 is 0 Å². The molecule has 0 aliphatic rings. The smallest absolute Gasteiger partial charge is 0.0256 e. The highest BCUT2D eigenvalue weighted by Crippen LogP contribution is 1.92. The molecule has 0 bridgehead atoms. The summed E-state index contributed by atoms with van der Waals surface area (Å²) in [5, 5.41) is 0. The van der Waals surface area contributed by atoms with E-state index < -0.39 is 0 Å². The Morgan fingerprint density at radius 2 is 2.33 bits per heavy atom. The Balaban J connectivity index is 3.49. The minimum Gasteiger partial charge on any atom is -0.403 e. The molecule has 0 aromatic carbocycles. The van der Waals surface area contributed by atoms with Crippen molar-refractivity contribution < 1.29 is 0 Å². The van der Waals surface area contributed by atoms with Gasteiger partial charge in [0.05, 0.1) is 0 Å². The van der Waals surface area contributed by atoms with Gasteiger partial charge in [-0.05, 0) is 13.3 Å². The molecule has 0 aliphatic carbocycles. The van der Waals surface area contributed by atoms with Gasteiger partial charge < -0.3 is 11.5 Å². The Bertz CT molecular complexity index is 112. The van der Waals surface area contributed by atoms with E-state index in [2.05, 4.69) is 6.58 Å². The average molecular weight is 126 g/mol. The SMILES string of the molecule is C=CC(N)CC=C(C)N. The molecule has 2 nitrogen and oxygen atoms in total. The fourth-order valence-corrected chi connectivity index (χ4v) is 0.418. The molecule has 0 spiro atoms. The van der Waals surface area contributed by atoms with Crippen LogP contribution in [0.4, 0.5) is 0 Å². The van der Waals surface area contributed by atoms with Gasteiger partial charge in [-0.15, -0.1) is 6.58 Å². The fourth-order valence-electron chi connectivity index (χ4n) is 0.418. The third-order valence-electron chi connectivity index (χ3n) is 1.01. The molecule has 0 saturated carbocycles. The van der Waals surface area contributed by atoms with Crippen LogP contribution in [0.3, 0.4) is 0 Å². The van der Waals surface area contributed by atoms with Gasteiger partial charge in [-0.3, -0.25) is 0 Å². The molecule has 9 heavy (non-hydrogen) atoms. The Morgan fingerprint density at radius 3 is 2.67 bits per heavy atom. The van der Waals surface area contributed by atoms with Crippen molar-refractivity contribution in [3.8, 4) is 0 Å². The van der Waals surface area contributed by atoms with Crippen LogP contribution in [0.25, 0.3) is 0 Å². The Kier molecular flexibility index (Phi) is 3.80. The minimum absolute atomic E-state index is 0.0449. The van der Waals surface area contributed by atoms with Crippen LogP contribution in [0.5, 0.6) is 0 Å². The molecule has 0 saturated heterocycles. The molecule has 0 aromatic heterocycles. The Hall–Kier alpha value is -0.760. The van der Waals surface area contributed by atoms with Gasteiger partial charge in [-0.2, -0.15) is 0 Å². The zero-order chi connectivity index (χ0) is 7.28. The average Bonchev–Trinajstić information content (AvgIpc) is 1.83. The fraction of sp³-hybridized carbons (Fsp3) is 0.429. The van der Waals surface area contributed by atoms with E-state index >= 15 is 0 Å². The van der Waals surface area contributed by atoms with Crippen molar-refractivity contribution in [2.24, 2.45) is 11.5 Å². The van der Waals surface area contributed by atoms with E-state index in [1.165, 1.54) is 0 Å². The highest BCUT2D eigenvalue weighted by atomic mass is 14.6. The summed E-state index contributed by atoms with van der Waals surface area (Å²) in [6.07, 6.45) is 4.39. The summed E-state index contributed by atoms with van der Waals surface area (Å²) >= 11 is 0. The molecule has 0 aromatic rings. The Labute approximate surface area is 56.2 Å². The molecule has 0 rings (SSSR count). The van der Waals surface area contributed by atoms with Gasteiger partial charge in [0.1, 0.15) is 0 Å². The lowest BCUT2D eigenvalue weighted by Crippen LogP contribution is -2.15. The summed E-state index contributed by atoms with van der Waals surface area (Å²) < 4.78 is 0. The predicted octanol–water partition coefficient (Wildman–Crippen LogP) is 0.752. The number of rotatable bonds is 3. The summed E-state index contributed by atoms with van der Waals surface area (Å²) in [4.78, 5) is 0. The van der Waals surface area contributed by atoms with E-state index in [0.29, 0.717) is 0 Å². The van der Waals surface area contributed by atoms with Crippen molar-refractivity contribution in [2.45, 2.75) is 19.4 Å². The predicted molar refractivity (Wildman–Crippen MR) is 40.7 cm³/mol. The number of hydrogen-bond acceptors (Lipinski definition) is 2. The Morgan fingerprint density at radius 1 is 1.78 bits per heavy atom. The lowest BCUT2D eigenvalue weighted by Gasteiger charge is -1.99. The van der Waals surface area contributed by atoms with E-state index in [0.717, 1.165) is 12.1 Å². The highest BCUT2D eigenvalue weighted by Gasteiger charge is 1.90. The first-order valence-electron chi connectivity index (χ1n) is 2.97. The summed E-state index contributed by atoms with van der Waals surface area (Å²) in [5.74, 6) is 0. The van der Waals surface area contributed by atoms with Crippen LogP contribution >= 0.6 is 0 Å². The summed E-state index contributed by atoms with van der Waals surface area (Å²) in [6, 6.07) is 0.0449. The van der Waals surface area contributed by atoms with Crippen LogP contribution < -0.4 is 11.5 Å². The van der Waals surface area contributed by atoms with E-state index in [1.807, 2.05) is 13.0 Å². The van der Waals surface area contributed by atoms with Gasteiger partial charge in [0.25, 0.3) is 0 Å². The lowest BCUT2D eigenvalue weighted by atomic mass is 10.2. The quantitative estimate of drug-likeness (QED) is 0.548. The zero-order valence-corrected chi connectivity index (χ0v) is 5.80. The second kappa shape index (κ2) is 4.15. The molecule has 52 valence electrons. The third kappa shape index (κ3) is 5.11. The van der Waals surface area contributed by atoms with Crippen molar-refractivity contribution in [3.05, 3.63) is 24.4 Å². The minimum atomic E-state index is 0.0449. The molecule has 2 heteroatoms. The summed E-state index contributed by atoms with van der Waals surface area (Å²) in [7, 11) is 0. The van der Waals surface area contributed by atoms with Gasteiger partial charge in [-0.1, -0.05) is 12.2 Å². The van der Waals surface area contributed by atoms with E-state index in [-0.39, 0.29) is 6.04 Å². The highest BCUT2D eigenvalue weighted by molar-refractivity contribution is 4.97. The molecule has 0 aliphatic heterocycles. The maximum atomic E-state index is 5.50. The van der Waals surface area contributed by atoms with Gasteiger partial charge in [0.2, 0.25) is 0 Å². The molecular formula is C7H14N2. The monoisotopic (exact) mass is 126 g/mol.